The van der Waals surface area contributed by atoms with E-state index in [1.807, 2.05) is 0 Å². The van der Waals surface area contributed by atoms with Gasteiger partial charge in [-0.25, -0.2) is 0 Å². The average molecular weight is 337 g/mol. The van der Waals surface area contributed by atoms with Crippen molar-refractivity contribution in [3.8, 4) is 17.4 Å². The number of halogens is 1. The Hall–Kier alpha value is -1.82. The highest BCUT2D eigenvalue weighted by atomic mass is 79.9. The predicted octanol–water partition coefficient (Wildman–Crippen LogP) is 3.21. The quantitative estimate of drug-likeness (QED) is 0.930. The monoisotopic (exact) mass is 336 g/mol. The van der Waals surface area contributed by atoms with Crippen LogP contribution in [0.15, 0.2) is 33.5 Å². The molecule has 2 aromatic rings. The van der Waals surface area contributed by atoms with E-state index in [-0.39, 0.29) is 5.56 Å². The van der Waals surface area contributed by atoms with E-state index in [1.165, 1.54) is 6.07 Å². The molecule has 5 nitrogen and oxygen atoms in total. The Morgan fingerprint density at radius 2 is 2.15 bits per heavy atom. The van der Waals surface area contributed by atoms with E-state index >= 15 is 0 Å². The van der Waals surface area contributed by atoms with Crippen LogP contribution in [0, 0.1) is 0 Å². The number of hydrogen-bond donors (Lipinski definition) is 1. The highest BCUT2D eigenvalue weighted by molar-refractivity contribution is 9.10. The predicted molar refractivity (Wildman–Crippen MR) is 77.6 cm³/mol. The second kappa shape index (κ2) is 5.28. The lowest BCUT2D eigenvalue weighted by atomic mass is 10.3. The Morgan fingerprint density at radius 1 is 1.35 bits per heavy atom. The smallest absolute Gasteiger partial charge is 0.254 e. The van der Waals surface area contributed by atoms with E-state index in [0.29, 0.717) is 23.4 Å². The molecule has 0 aliphatic heterocycles. The van der Waals surface area contributed by atoms with Crippen molar-refractivity contribution >= 4 is 15.9 Å². The van der Waals surface area contributed by atoms with Gasteiger partial charge in [0.2, 0.25) is 5.88 Å². The zero-order valence-corrected chi connectivity index (χ0v) is 12.4. The first-order valence-electron chi connectivity index (χ1n) is 6.28. The molecular weight excluding hydrogens is 324 g/mol. The van der Waals surface area contributed by atoms with Gasteiger partial charge in [0.15, 0.2) is 0 Å². The van der Waals surface area contributed by atoms with Gasteiger partial charge in [-0.05, 0) is 47.0 Å². The van der Waals surface area contributed by atoms with Crippen LogP contribution < -0.4 is 15.0 Å². The van der Waals surface area contributed by atoms with Crippen molar-refractivity contribution in [1.82, 2.24) is 9.97 Å². The van der Waals surface area contributed by atoms with E-state index in [9.17, 15) is 4.79 Å². The molecule has 1 aromatic heterocycles. The number of benzene rings is 1. The summed E-state index contributed by atoms with van der Waals surface area (Å²) < 4.78 is 11.5. The Bertz CT molecular complexity index is 695. The fourth-order valence-electron chi connectivity index (χ4n) is 1.86. The van der Waals surface area contributed by atoms with Crippen LogP contribution in [-0.4, -0.2) is 17.1 Å². The third-order valence-electron chi connectivity index (χ3n) is 3.05. The van der Waals surface area contributed by atoms with Crippen molar-refractivity contribution in [2.24, 2.45) is 0 Å². The lowest BCUT2D eigenvalue weighted by Gasteiger charge is -2.09. The van der Waals surface area contributed by atoms with Crippen LogP contribution in [0.25, 0.3) is 0 Å². The number of nitrogens with one attached hydrogen (secondary N) is 1. The van der Waals surface area contributed by atoms with Gasteiger partial charge in [-0.3, -0.25) is 4.79 Å². The van der Waals surface area contributed by atoms with Gasteiger partial charge in [-0.2, -0.15) is 4.98 Å². The third-order valence-corrected chi connectivity index (χ3v) is 3.67. The summed E-state index contributed by atoms with van der Waals surface area (Å²) in [7, 11) is 1.60. The minimum atomic E-state index is -0.193. The Kier molecular flexibility index (Phi) is 3.48. The number of ether oxygens (including phenoxy) is 2. The molecule has 0 atom stereocenters. The van der Waals surface area contributed by atoms with Gasteiger partial charge < -0.3 is 14.5 Å². The number of aromatic amines is 1. The van der Waals surface area contributed by atoms with Crippen molar-refractivity contribution < 1.29 is 9.47 Å². The highest BCUT2D eigenvalue weighted by Gasteiger charge is 2.26. The molecule has 0 saturated heterocycles. The standard InChI is InChI=1S/C14H13BrN2O3/c1-19-9-4-5-11(10(15)6-9)20-13-7-12(18)16-14(17-13)8-2-3-8/h4-8H,2-3H2,1H3,(H,16,17,18). The van der Waals surface area contributed by atoms with Gasteiger partial charge in [-0.1, -0.05) is 0 Å². The summed E-state index contributed by atoms with van der Waals surface area (Å²) in [5.41, 5.74) is -0.193. The van der Waals surface area contributed by atoms with Crippen LogP contribution in [0.2, 0.25) is 0 Å². The van der Waals surface area contributed by atoms with Crippen LogP contribution in [0.5, 0.6) is 17.4 Å². The molecule has 104 valence electrons. The van der Waals surface area contributed by atoms with Gasteiger partial charge in [0, 0.05) is 5.92 Å². The van der Waals surface area contributed by atoms with Crippen molar-refractivity contribution in [2.45, 2.75) is 18.8 Å². The molecule has 0 unspecified atom stereocenters. The lowest BCUT2D eigenvalue weighted by Crippen LogP contribution is -2.10. The summed E-state index contributed by atoms with van der Waals surface area (Å²) in [6.45, 7) is 0. The Morgan fingerprint density at radius 3 is 2.80 bits per heavy atom. The maximum atomic E-state index is 11.6. The zero-order valence-electron chi connectivity index (χ0n) is 10.9. The minimum absolute atomic E-state index is 0.193. The first-order valence-corrected chi connectivity index (χ1v) is 7.07. The second-order valence-electron chi connectivity index (χ2n) is 4.64. The van der Waals surface area contributed by atoms with E-state index in [0.717, 1.165) is 23.1 Å². The number of H-pyrrole nitrogens is 1. The van der Waals surface area contributed by atoms with Crippen LogP contribution in [-0.2, 0) is 0 Å². The van der Waals surface area contributed by atoms with Crippen LogP contribution in [0.4, 0.5) is 0 Å². The average Bonchev–Trinajstić information content (AvgIpc) is 3.25. The first kappa shape index (κ1) is 13.2. The summed E-state index contributed by atoms with van der Waals surface area (Å²) in [5.74, 6) is 2.69. The molecule has 0 amide bonds. The third kappa shape index (κ3) is 2.85. The molecule has 1 aliphatic carbocycles. The van der Waals surface area contributed by atoms with Crippen LogP contribution >= 0.6 is 15.9 Å². The molecular formula is C14H13BrN2O3. The summed E-state index contributed by atoms with van der Waals surface area (Å²) in [6.07, 6.45) is 2.14. The van der Waals surface area contributed by atoms with E-state index in [4.69, 9.17) is 9.47 Å². The number of hydrogen-bond acceptors (Lipinski definition) is 4. The molecule has 1 heterocycles. The molecule has 1 aliphatic rings. The maximum Gasteiger partial charge on any atom is 0.254 e. The molecule has 3 rings (SSSR count). The van der Waals surface area contributed by atoms with Gasteiger partial charge in [0.1, 0.15) is 17.3 Å². The maximum absolute atomic E-state index is 11.6. The van der Waals surface area contributed by atoms with Crippen molar-refractivity contribution in [3.05, 3.63) is 44.9 Å². The summed E-state index contributed by atoms with van der Waals surface area (Å²) in [5, 5.41) is 0. The summed E-state index contributed by atoms with van der Waals surface area (Å²) in [4.78, 5) is 18.7. The van der Waals surface area contributed by atoms with Crippen molar-refractivity contribution in [1.29, 1.82) is 0 Å². The van der Waals surface area contributed by atoms with Crippen LogP contribution in [0.1, 0.15) is 24.6 Å². The van der Waals surface area contributed by atoms with Gasteiger partial charge in [0.25, 0.3) is 5.56 Å². The minimum Gasteiger partial charge on any atom is -0.497 e. The molecule has 1 saturated carbocycles. The van der Waals surface area contributed by atoms with Crippen molar-refractivity contribution in [2.75, 3.05) is 7.11 Å². The SMILES string of the molecule is COc1ccc(Oc2cc(=O)[nH]c(C3CC3)n2)c(Br)c1. The molecule has 0 bridgehead atoms. The molecule has 1 aromatic carbocycles. The van der Waals surface area contributed by atoms with E-state index in [1.54, 1.807) is 25.3 Å². The number of aromatic nitrogens is 2. The van der Waals surface area contributed by atoms with Crippen molar-refractivity contribution in [3.63, 3.8) is 0 Å². The lowest BCUT2D eigenvalue weighted by molar-refractivity contribution is 0.411. The van der Waals surface area contributed by atoms with E-state index < -0.39 is 0 Å². The Labute approximate surface area is 124 Å². The zero-order chi connectivity index (χ0) is 14.1. The molecule has 20 heavy (non-hydrogen) atoms. The summed E-state index contributed by atoms with van der Waals surface area (Å²) >= 11 is 3.41. The normalized spacial score (nSPS) is 14.1. The summed E-state index contributed by atoms with van der Waals surface area (Å²) in [6, 6.07) is 6.70. The molecule has 1 fully saturated rings. The van der Waals surface area contributed by atoms with Crippen LogP contribution in [0.3, 0.4) is 0 Å². The number of nitrogens with zero attached hydrogens (tertiary/aromatic N) is 1. The Balaban J connectivity index is 1.89. The topological polar surface area (TPSA) is 64.2 Å². The second-order valence-corrected chi connectivity index (χ2v) is 5.50. The number of rotatable bonds is 4. The highest BCUT2D eigenvalue weighted by Crippen LogP contribution is 2.38. The number of methoxy groups -OCH3 is 1. The first-order chi connectivity index (χ1) is 9.65. The molecule has 6 heteroatoms. The largest absolute Gasteiger partial charge is 0.497 e. The molecule has 0 spiro atoms. The van der Waals surface area contributed by atoms with Gasteiger partial charge in [0.05, 0.1) is 17.6 Å². The van der Waals surface area contributed by atoms with Gasteiger partial charge in [-0.15, -0.1) is 0 Å². The molecule has 1 N–H and O–H groups in total. The fraction of sp³-hybridized carbons (Fsp3) is 0.286. The fourth-order valence-corrected chi connectivity index (χ4v) is 2.30. The van der Waals surface area contributed by atoms with E-state index in [2.05, 4.69) is 25.9 Å². The van der Waals surface area contributed by atoms with Gasteiger partial charge >= 0.3 is 0 Å². The molecule has 0 radical (unpaired) electrons.